The second-order valence-corrected chi connectivity index (χ2v) is 5.68. The fraction of sp³-hybridized carbons (Fsp3) is 0.0952. The number of amides is 1. The van der Waals surface area contributed by atoms with E-state index in [1.807, 2.05) is 60.7 Å². The highest BCUT2D eigenvalue weighted by atomic mass is 19.1. The van der Waals surface area contributed by atoms with E-state index in [2.05, 4.69) is 5.32 Å². The van der Waals surface area contributed by atoms with Crippen molar-refractivity contribution in [2.75, 3.05) is 5.32 Å². The molecular formula is C21H18FNO. The van der Waals surface area contributed by atoms with E-state index >= 15 is 0 Å². The number of hydrogen-bond donors (Lipinski definition) is 1. The normalized spacial score (nSPS) is 10.6. The minimum Gasteiger partial charge on any atom is -0.323 e. The molecule has 1 amide bonds. The summed E-state index contributed by atoms with van der Waals surface area (Å²) in [5.74, 6) is -1.14. The number of benzene rings is 3. The number of aryl methyl sites for hydroxylation is 1. The Morgan fingerprint density at radius 1 is 0.833 bits per heavy atom. The monoisotopic (exact) mass is 319 g/mol. The lowest BCUT2D eigenvalue weighted by Crippen LogP contribution is -2.22. The van der Waals surface area contributed by atoms with E-state index in [4.69, 9.17) is 0 Å². The van der Waals surface area contributed by atoms with Gasteiger partial charge >= 0.3 is 0 Å². The van der Waals surface area contributed by atoms with Crippen LogP contribution < -0.4 is 5.32 Å². The number of halogens is 1. The molecule has 2 nitrogen and oxygen atoms in total. The molecule has 0 unspecified atom stereocenters. The van der Waals surface area contributed by atoms with E-state index in [1.54, 1.807) is 25.1 Å². The first-order chi connectivity index (χ1) is 11.7. The molecule has 0 saturated carbocycles. The van der Waals surface area contributed by atoms with Crippen LogP contribution in [0.5, 0.6) is 0 Å². The van der Waals surface area contributed by atoms with Gasteiger partial charge in [0, 0.05) is 0 Å². The fourth-order valence-electron chi connectivity index (χ4n) is 2.74. The molecule has 3 aromatic carbocycles. The maximum atomic E-state index is 14.2. The van der Waals surface area contributed by atoms with Crippen molar-refractivity contribution in [1.82, 2.24) is 0 Å². The molecule has 0 aromatic heterocycles. The molecular weight excluding hydrogens is 301 g/mol. The van der Waals surface area contributed by atoms with Gasteiger partial charge in [0.05, 0.1) is 11.6 Å². The third kappa shape index (κ3) is 3.35. The van der Waals surface area contributed by atoms with Crippen LogP contribution in [-0.4, -0.2) is 5.91 Å². The van der Waals surface area contributed by atoms with Crippen molar-refractivity contribution in [1.29, 1.82) is 0 Å². The Morgan fingerprint density at radius 2 is 1.38 bits per heavy atom. The molecule has 0 radical (unpaired) electrons. The molecule has 24 heavy (non-hydrogen) atoms. The second-order valence-electron chi connectivity index (χ2n) is 5.68. The predicted octanol–water partition coefficient (Wildman–Crippen LogP) is 4.90. The Labute approximate surface area is 141 Å². The molecule has 3 rings (SSSR count). The molecule has 120 valence electrons. The summed E-state index contributed by atoms with van der Waals surface area (Å²) < 4.78 is 14.2. The van der Waals surface area contributed by atoms with E-state index in [9.17, 15) is 9.18 Å². The first-order valence-electron chi connectivity index (χ1n) is 7.82. The van der Waals surface area contributed by atoms with Gasteiger partial charge in [0.15, 0.2) is 0 Å². The zero-order chi connectivity index (χ0) is 16.9. The van der Waals surface area contributed by atoms with Gasteiger partial charge in [-0.1, -0.05) is 72.8 Å². The molecule has 0 aliphatic carbocycles. The van der Waals surface area contributed by atoms with E-state index in [-0.39, 0.29) is 11.6 Å². The summed E-state index contributed by atoms with van der Waals surface area (Å²) in [7, 11) is 0. The zero-order valence-electron chi connectivity index (χ0n) is 13.4. The minimum absolute atomic E-state index is 0.205. The highest BCUT2D eigenvalue weighted by Gasteiger charge is 2.23. The van der Waals surface area contributed by atoms with Crippen LogP contribution in [0.1, 0.15) is 22.6 Å². The van der Waals surface area contributed by atoms with Gasteiger partial charge in [0.1, 0.15) is 5.82 Å². The lowest BCUT2D eigenvalue weighted by Gasteiger charge is -2.18. The highest BCUT2D eigenvalue weighted by Crippen LogP contribution is 2.27. The molecule has 0 spiro atoms. The topological polar surface area (TPSA) is 29.1 Å². The lowest BCUT2D eigenvalue weighted by molar-refractivity contribution is -0.116. The van der Waals surface area contributed by atoms with Crippen LogP contribution in [0.3, 0.4) is 0 Å². The lowest BCUT2D eigenvalue weighted by atomic mass is 9.90. The quantitative estimate of drug-likeness (QED) is 0.728. The predicted molar refractivity (Wildman–Crippen MR) is 94.5 cm³/mol. The fourth-order valence-corrected chi connectivity index (χ4v) is 2.74. The van der Waals surface area contributed by atoms with Crippen LogP contribution in [0.4, 0.5) is 10.1 Å². The van der Waals surface area contributed by atoms with Gasteiger partial charge in [0.25, 0.3) is 0 Å². The highest BCUT2D eigenvalue weighted by molar-refractivity contribution is 5.98. The summed E-state index contributed by atoms with van der Waals surface area (Å²) in [6, 6.07) is 24.0. The smallest absolute Gasteiger partial charge is 0.236 e. The van der Waals surface area contributed by atoms with E-state index in [0.717, 1.165) is 11.1 Å². The second kappa shape index (κ2) is 7.09. The summed E-state index contributed by atoms with van der Waals surface area (Å²) in [6.45, 7) is 1.68. The van der Waals surface area contributed by atoms with E-state index in [1.165, 1.54) is 0 Å². The Kier molecular flexibility index (Phi) is 4.71. The molecule has 0 aliphatic heterocycles. The van der Waals surface area contributed by atoms with E-state index < -0.39 is 11.7 Å². The number of nitrogens with one attached hydrogen (secondary N) is 1. The van der Waals surface area contributed by atoms with Gasteiger partial charge in [-0.25, -0.2) is 4.39 Å². The maximum absolute atomic E-state index is 14.2. The molecule has 3 aromatic rings. The summed E-state index contributed by atoms with van der Waals surface area (Å²) in [6.07, 6.45) is 0. The van der Waals surface area contributed by atoms with Gasteiger partial charge in [0.2, 0.25) is 5.91 Å². The molecule has 0 bridgehead atoms. The van der Waals surface area contributed by atoms with Crippen molar-refractivity contribution in [2.24, 2.45) is 0 Å². The molecule has 0 aliphatic rings. The van der Waals surface area contributed by atoms with Crippen LogP contribution in [0.25, 0.3) is 0 Å². The summed E-state index contributed by atoms with van der Waals surface area (Å²) in [5, 5.41) is 2.73. The van der Waals surface area contributed by atoms with Gasteiger partial charge in [-0.3, -0.25) is 4.79 Å². The first-order valence-corrected chi connectivity index (χ1v) is 7.82. The minimum atomic E-state index is -0.493. The van der Waals surface area contributed by atoms with Crippen LogP contribution in [-0.2, 0) is 4.79 Å². The van der Waals surface area contributed by atoms with Gasteiger partial charge < -0.3 is 5.32 Å². The molecule has 0 fully saturated rings. The van der Waals surface area contributed by atoms with Crippen molar-refractivity contribution in [3.63, 3.8) is 0 Å². The Morgan fingerprint density at radius 3 is 1.92 bits per heavy atom. The number of hydrogen-bond acceptors (Lipinski definition) is 1. The van der Waals surface area contributed by atoms with Crippen LogP contribution in [0.15, 0.2) is 78.9 Å². The summed E-state index contributed by atoms with van der Waals surface area (Å²) in [5.41, 5.74) is 2.45. The third-order valence-electron chi connectivity index (χ3n) is 3.98. The van der Waals surface area contributed by atoms with Gasteiger partial charge in [-0.05, 0) is 29.7 Å². The maximum Gasteiger partial charge on any atom is 0.236 e. The van der Waals surface area contributed by atoms with Gasteiger partial charge in [-0.15, -0.1) is 0 Å². The number of carbonyl (C=O) groups is 1. The van der Waals surface area contributed by atoms with Crippen LogP contribution >= 0.6 is 0 Å². The third-order valence-corrected chi connectivity index (χ3v) is 3.98. The van der Waals surface area contributed by atoms with Crippen molar-refractivity contribution in [3.05, 3.63) is 101 Å². The van der Waals surface area contributed by atoms with Crippen molar-refractivity contribution in [3.8, 4) is 0 Å². The Balaban J connectivity index is 1.97. The van der Waals surface area contributed by atoms with Gasteiger partial charge in [-0.2, -0.15) is 0 Å². The molecule has 0 heterocycles. The average molecular weight is 319 g/mol. The van der Waals surface area contributed by atoms with Crippen molar-refractivity contribution >= 4 is 11.6 Å². The van der Waals surface area contributed by atoms with Crippen LogP contribution in [0.2, 0.25) is 0 Å². The molecule has 0 atom stereocenters. The SMILES string of the molecule is Cc1cccc(NC(=O)C(c2ccccc2)c2ccccc2)c1F. The van der Waals surface area contributed by atoms with Crippen molar-refractivity contribution < 1.29 is 9.18 Å². The molecule has 1 N–H and O–H groups in total. The molecule has 3 heteroatoms. The number of anilines is 1. The average Bonchev–Trinajstić information content (AvgIpc) is 2.61. The molecule has 0 saturated heterocycles. The van der Waals surface area contributed by atoms with E-state index in [0.29, 0.717) is 5.56 Å². The first kappa shape index (κ1) is 15.9. The number of carbonyl (C=O) groups excluding carboxylic acids is 1. The number of rotatable bonds is 4. The summed E-state index contributed by atoms with van der Waals surface area (Å²) >= 11 is 0. The Hall–Kier alpha value is -2.94. The van der Waals surface area contributed by atoms with Crippen LogP contribution in [0, 0.1) is 12.7 Å². The summed E-state index contributed by atoms with van der Waals surface area (Å²) in [4.78, 5) is 12.9. The Bertz CT molecular complexity index is 791. The largest absolute Gasteiger partial charge is 0.323 e. The van der Waals surface area contributed by atoms with Crippen molar-refractivity contribution in [2.45, 2.75) is 12.8 Å². The standard InChI is InChI=1S/C21H18FNO/c1-15-9-8-14-18(20(15)22)23-21(24)19(16-10-4-2-5-11-16)17-12-6-3-7-13-17/h2-14,19H,1H3,(H,23,24). The zero-order valence-corrected chi connectivity index (χ0v) is 13.4.